The maximum atomic E-state index is 11.3. The normalized spacial score (nSPS) is 18.4. The molecule has 0 radical (unpaired) electrons. The molecule has 2 unspecified atom stereocenters. The Morgan fingerprint density at radius 3 is 2.62 bits per heavy atom. The lowest BCUT2D eigenvalue weighted by Crippen LogP contribution is -2.46. The monoisotopic (exact) mass is 453 g/mol. The van der Waals surface area contributed by atoms with E-state index in [9.17, 15) is 4.79 Å². The molecule has 0 saturated carbocycles. The molecule has 8 heteroatoms. The van der Waals surface area contributed by atoms with Crippen LogP contribution in [0, 0.1) is 0 Å². The summed E-state index contributed by atoms with van der Waals surface area (Å²) in [5.74, 6) is 0.349. The fourth-order valence-corrected chi connectivity index (χ4v) is 4.12. The van der Waals surface area contributed by atoms with Crippen LogP contribution in [0.15, 0.2) is 73.1 Å². The Bertz CT molecular complexity index is 1290. The number of aromatic nitrogens is 3. The third-order valence-electron chi connectivity index (χ3n) is 5.97. The first-order chi connectivity index (χ1) is 16.6. The van der Waals surface area contributed by atoms with Crippen LogP contribution in [0.1, 0.15) is 34.5 Å². The number of nitrogens with zero attached hydrogens (tertiary/aromatic N) is 2. The first-order valence-electron chi connectivity index (χ1n) is 11.4. The van der Waals surface area contributed by atoms with Gasteiger partial charge in [0.15, 0.2) is 0 Å². The van der Waals surface area contributed by atoms with Crippen molar-refractivity contribution in [1.82, 2.24) is 25.6 Å². The Balaban J connectivity index is 1.46. The van der Waals surface area contributed by atoms with Crippen LogP contribution in [-0.4, -0.2) is 32.9 Å². The number of fused-ring (bicyclic) bond motifs is 1. The van der Waals surface area contributed by atoms with Gasteiger partial charge in [0.2, 0.25) is 5.91 Å². The van der Waals surface area contributed by atoms with Crippen LogP contribution >= 0.6 is 0 Å². The first-order valence-corrected chi connectivity index (χ1v) is 11.4. The van der Waals surface area contributed by atoms with E-state index in [0.29, 0.717) is 12.1 Å². The van der Waals surface area contributed by atoms with Crippen molar-refractivity contribution in [3.8, 4) is 11.4 Å². The van der Waals surface area contributed by atoms with Crippen molar-refractivity contribution in [2.45, 2.75) is 32.0 Å². The van der Waals surface area contributed by atoms with Crippen LogP contribution in [0.3, 0.4) is 0 Å². The van der Waals surface area contributed by atoms with Gasteiger partial charge >= 0.3 is 0 Å². The highest BCUT2D eigenvalue weighted by molar-refractivity contribution is 5.93. The molecule has 2 aliphatic rings. The molecule has 1 aliphatic carbocycles. The lowest BCUT2D eigenvalue weighted by atomic mass is 9.94. The molecule has 8 nitrogen and oxygen atoms in total. The number of nitrogens with one attached hydrogen (secondary N) is 4. The van der Waals surface area contributed by atoms with Gasteiger partial charge in [-0.1, -0.05) is 31.2 Å². The molecule has 6 N–H and O–H groups in total. The summed E-state index contributed by atoms with van der Waals surface area (Å²) >= 11 is 0. The number of nitrogens with two attached hydrogens (primary N) is 1. The van der Waals surface area contributed by atoms with Gasteiger partial charge in [-0.15, -0.1) is 0 Å². The number of aromatic amines is 1. The second-order valence-electron chi connectivity index (χ2n) is 8.27. The molecule has 0 spiro atoms. The second kappa shape index (κ2) is 9.27. The Morgan fingerprint density at radius 1 is 1.06 bits per heavy atom. The van der Waals surface area contributed by atoms with Crippen LogP contribution in [0.5, 0.6) is 0 Å². The zero-order chi connectivity index (χ0) is 23.5. The molecule has 2 aromatic heterocycles. The lowest BCUT2D eigenvalue weighted by Gasteiger charge is -2.29. The molecule has 1 aliphatic heterocycles. The summed E-state index contributed by atoms with van der Waals surface area (Å²) in [5, 5.41) is 10.1. The lowest BCUT2D eigenvalue weighted by molar-refractivity contribution is 0.100. The molecule has 5 rings (SSSR count). The number of imidazole rings is 1. The number of allylic oxidation sites excluding steroid dienone is 2. The van der Waals surface area contributed by atoms with E-state index in [4.69, 9.17) is 15.7 Å². The minimum Gasteiger partial charge on any atom is -0.381 e. The molecule has 2 atom stereocenters. The van der Waals surface area contributed by atoms with Crippen LogP contribution in [0.25, 0.3) is 17.0 Å². The average molecular weight is 454 g/mol. The number of benzene rings is 1. The molecule has 1 amide bonds. The Kier molecular flexibility index (Phi) is 5.86. The molecule has 34 heavy (non-hydrogen) atoms. The molecule has 0 fully saturated rings. The number of rotatable bonds is 7. The molecular weight excluding hydrogens is 426 g/mol. The Labute approximate surface area is 198 Å². The first kappa shape index (κ1) is 21.5. The van der Waals surface area contributed by atoms with Crippen molar-refractivity contribution in [2.24, 2.45) is 5.73 Å². The zero-order valence-electron chi connectivity index (χ0n) is 18.9. The number of primary amides is 1. The van der Waals surface area contributed by atoms with Gasteiger partial charge in [-0.25, -0.2) is 4.98 Å². The van der Waals surface area contributed by atoms with Gasteiger partial charge in [0.05, 0.1) is 35.7 Å². The average Bonchev–Trinajstić information content (AvgIpc) is 3.32. The second-order valence-corrected chi connectivity index (χ2v) is 8.27. The zero-order valence-corrected chi connectivity index (χ0v) is 18.9. The van der Waals surface area contributed by atoms with E-state index in [2.05, 4.69) is 46.1 Å². The fourth-order valence-electron chi connectivity index (χ4n) is 4.12. The summed E-state index contributed by atoms with van der Waals surface area (Å²) in [6.07, 6.45) is 11.2. The van der Waals surface area contributed by atoms with Crippen molar-refractivity contribution in [3.63, 3.8) is 0 Å². The summed E-state index contributed by atoms with van der Waals surface area (Å²) < 4.78 is 0. The highest BCUT2D eigenvalue weighted by Crippen LogP contribution is 2.30. The summed E-state index contributed by atoms with van der Waals surface area (Å²) in [5.41, 5.74) is 11.4. The Morgan fingerprint density at radius 2 is 1.85 bits per heavy atom. The summed E-state index contributed by atoms with van der Waals surface area (Å²) in [6, 6.07) is 13.5. The van der Waals surface area contributed by atoms with E-state index in [0.717, 1.165) is 46.3 Å². The molecule has 3 heterocycles. The van der Waals surface area contributed by atoms with E-state index in [-0.39, 0.29) is 12.1 Å². The van der Waals surface area contributed by atoms with Crippen LogP contribution < -0.4 is 21.7 Å². The quantitative estimate of drug-likeness (QED) is 0.375. The third-order valence-corrected chi connectivity index (χ3v) is 5.97. The highest BCUT2D eigenvalue weighted by atomic mass is 16.1. The molecule has 1 aromatic carbocycles. The van der Waals surface area contributed by atoms with Gasteiger partial charge in [0, 0.05) is 34.9 Å². The number of pyridine rings is 1. The smallest absolute Gasteiger partial charge is 0.248 e. The van der Waals surface area contributed by atoms with Crippen molar-refractivity contribution in [2.75, 3.05) is 5.32 Å². The molecule has 172 valence electrons. The van der Waals surface area contributed by atoms with Crippen LogP contribution in [0.2, 0.25) is 0 Å². The summed E-state index contributed by atoms with van der Waals surface area (Å²) in [7, 11) is 0. The van der Waals surface area contributed by atoms with Crippen LogP contribution in [-0.2, 0) is 13.0 Å². The molecular formula is C26H27N7O. The number of carbonyl (C=O) groups excluding carboxylic acids is 1. The van der Waals surface area contributed by atoms with Gasteiger partial charge in [-0.2, -0.15) is 0 Å². The SMILES string of the molecule is CCc1cccc(-c2[nH]c(CNc3ccc(C(N)=O)cc3)nc2C2=CC3NC=CNC3C=C2)n1. The summed E-state index contributed by atoms with van der Waals surface area (Å²) in [6.45, 7) is 2.59. The minimum atomic E-state index is -0.442. The van der Waals surface area contributed by atoms with Crippen molar-refractivity contribution < 1.29 is 4.79 Å². The predicted octanol–water partition coefficient (Wildman–Crippen LogP) is 3.10. The Hall–Kier alpha value is -4.33. The number of aryl methyl sites for hydroxylation is 1. The fraction of sp³-hybridized carbons (Fsp3) is 0.192. The van der Waals surface area contributed by atoms with Gasteiger partial charge in [-0.3, -0.25) is 9.78 Å². The maximum Gasteiger partial charge on any atom is 0.248 e. The topological polar surface area (TPSA) is 121 Å². The number of H-pyrrole nitrogens is 1. The maximum absolute atomic E-state index is 11.3. The van der Waals surface area contributed by atoms with Gasteiger partial charge in [0.25, 0.3) is 0 Å². The van der Waals surface area contributed by atoms with E-state index in [1.165, 1.54) is 0 Å². The van der Waals surface area contributed by atoms with Crippen molar-refractivity contribution >= 4 is 17.2 Å². The van der Waals surface area contributed by atoms with Crippen molar-refractivity contribution in [3.05, 3.63) is 95.9 Å². The number of hydrogen-bond donors (Lipinski definition) is 5. The largest absolute Gasteiger partial charge is 0.381 e. The molecule has 0 bridgehead atoms. The third kappa shape index (κ3) is 4.43. The van der Waals surface area contributed by atoms with Gasteiger partial charge in [-0.05, 0) is 42.8 Å². The number of hydrogen-bond acceptors (Lipinski definition) is 6. The van der Waals surface area contributed by atoms with Crippen LogP contribution in [0.4, 0.5) is 5.69 Å². The van der Waals surface area contributed by atoms with Gasteiger partial charge in [0.1, 0.15) is 5.82 Å². The van der Waals surface area contributed by atoms with E-state index < -0.39 is 5.91 Å². The summed E-state index contributed by atoms with van der Waals surface area (Å²) in [4.78, 5) is 24.6. The van der Waals surface area contributed by atoms with E-state index >= 15 is 0 Å². The van der Waals surface area contributed by atoms with E-state index in [1.807, 2.05) is 42.7 Å². The predicted molar refractivity (Wildman–Crippen MR) is 134 cm³/mol. The molecule has 3 aromatic rings. The number of carbonyl (C=O) groups is 1. The van der Waals surface area contributed by atoms with Gasteiger partial charge < -0.3 is 26.7 Å². The number of anilines is 1. The number of amides is 1. The molecule has 0 saturated heterocycles. The van der Waals surface area contributed by atoms with Crippen molar-refractivity contribution in [1.29, 1.82) is 0 Å². The minimum absolute atomic E-state index is 0.148. The highest BCUT2D eigenvalue weighted by Gasteiger charge is 2.24. The van der Waals surface area contributed by atoms with E-state index in [1.54, 1.807) is 12.1 Å². The standard InChI is InChI=1S/C26H27N7O/c1-2-18-4-3-5-21(31-18)25-24(17-8-11-20-22(14-17)29-13-12-28-20)32-23(33-25)15-30-19-9-6-16(7-10-19)26(27)34/h3-14,20,22,28-30H,2,15H2,1H3,(H2,27,34)(H,32,33).